The summed E-state index contributed by atoms with van der Waals surface area (Å²) >= 11 is 0. The van der Waals surface area contributed by atoms with Crippen LogP contribution in [-0.4, -0.2) is 18.6 Å². The van der Waals surface area contributed by atoms with Gasteiger partial charge in [-0.2, -0.15) is 0 Å². The van der Waals surface area contributed by atoms with Gasteiger partial charge in [0.2, 0.25) is 5.88 Å². The van der Waals surface area contributed by atoms with E-state index in [4.69, 9.17) is 4.74 Å². The average Bonchev–Trinajstić information content (AvgIpc) is 2.26. The van der Waals surface area contributed by atoms with Crippen molar-refractivity contribution in [2.24, 2.45) is 0 Å². The molecular formula is C11H16N2O. The van der Waals surface area contributed by atoms with Crippen molar-refractivity contribution in [3.63, 3.8) is 0 Å². The van der Waals surface area contributed by atoms with Gasteiger partial charge in [-0.25, -0.2) is 4.98 Å². The van der Waals surface area contributed by atoms with Crippen molar-refractivity contribution >= 4 is 0 Å². The van der Waals surface area contributed by atoms with Crippen molar-refractivity contribution < 1.29 is 4.74 Å². The van der Waals surface area contributed by atoms with Gasteiger partial charge in [0.1, 0.15) is 0 Å². The summed E-state index contributed by atoms with van der Waals surface area (Å²) in [6.45, 7) is 6.72. The molecule has 3 heteroatoms. The molecule has 3 nitrogen and oxygen atoms in total. The smallest absolute Gasteiger partial charge is 0.218 e. The van der Waals surface area contributed by atoms with E-state index in [0.29, 0.717) is 5.88 Å². The number of methoxy groups -OCH3 is 1. The van der Waals surface area contributed by atoms with E-state index < -0.39 is 0 Å². The lowest BCUT2D eigenvalue weighted by Crippen LogP contribution is -2.19. The second-order valence-electron chi connectivity index (χ2n) is 2.87. The summed E-state index contributed by atoms with van der Waals surface area (Å²) in [6.07, 6.45) is 3.57. The Bertz CT molecular complexity index is 299. The largest absolute Gasteiger partial charge is 0.481 e. The van der Waals surface area contributed by atoms with Gasteiger partial charge in [-0.05, 0) is 12.6 Å². The molecule has 0 aliphatic heterocycles. The van der Waals surface area contributed by atoms with E-state index in [1.807, 2.05) is 18.2 Å². The van der Waals surface area contributed by atoms with Crippen LogP contribution in [0.25, 0.3) is 0 Å². The molecule has 1 rings (SSSR count). The first-order valence-electron chi connectivity index (χ1n) is 4.68. The molecule has 0 aromatic carbocycles. The average molecular weight is 192 g/mol. The Morgan fingerprint density at radius 2 is 2.50 bits per heavy atom. The van der Waals surface area contributed by atoms with Gasteiger partial charge in [0.15, 0.2) is 0 Å². The number of ether oxygens (including phenoxy) is 1. The Balaban J connectivity index is 2.95. The molecule has 1 N–H and O–H groups in total. The minimum absolute atomic E-state index is 0.101. The SMILES string of the molecule is C=CC(NCC)c1cccnc1OC. The van der Waals surface area contributed by atoms with Crippen LogP contribution in [0.15, 0.2) is 31.0 Å². The topological polar surface area (TPSA) is 34.2 Å². The van der Waals surface area contributed by atoms with Crippen LogP contribution in [0.5, 0.6) is 5.88 Å². The molecule has 0 saturated carbocycles. The molecule has 76 valence electrons. The monoisotopic (exact) mass is 192 g/mol. The summed E-state index contributed by atoms with van der Waals surface area (Å²) < 4.78 is 5.18. The summed E-state index contributed by atoms with van der Waals surface area (Å²) in [5.41, 5.74) is 1.02. The Labute approximate surface area is 84.8 Å². The van der Waals surface area contributed by atoms with Crippen LogP contribution in [0.3, 0.4) is 0 Å². The number of pyridine rings is 1. The molecule has 1 atom stereocenters. The molecule has 0 fully saturated rings. The molecule has 0 radical (unpaired) electrons. The lowest BCUT2D eigenvalue weighted by molar-refractivity contribution is 0.388. The van der Waals surface area contributed by atoms with E-state index in [2.05, 4.69) is 23.8 Å². The normalized spacial score (nSPS) is 12.1. The highest BCUT2D eigenvalue weighted by molar-refractivity contribution is 5.31. The molecule has 1 aromatic heterocycles. The number of aromatic nitrogens is 1. The molecule has 1 aromatic rings. The molecule has 0 aliphatic rings. The maximum atomic E-state index is 5.18. The first-order chi connectivity index (χ1) is 6.83. The van der Waals surface area contributed by atoms with Gasteiger partial charge in [0.05, 0.1) is 13.2 Å². The fraction of sp³-hybridized carbons (Fsp3) is 0.364. The van der Waals surface area contributed by atoms with Crippen molar-refractivity contribution in [3.8, 4) is 5.88 Å². The number of rotatable bonds is 5. The van der Waals surface area contributed by atoms with Gasteiger partial charge < -0.3 is 10.1 Å². The maximum Gasteiger partial charge on any atom is 0.218 e. The van der Waals surface area contributed by atoms with Gasteiger partial charge >= 0.3 is 0 Å². The van der Waals surface area contributed by atoms with Crippen LogP contribution < -0.4 is 10.1 Å². The third kappa shape index (κ3) is 2.33. The molecule has 0 aliphatic carbocycles. The molecule has 1 unspecified atom stereocenters. The molecule has 0 spiro atoms. The van der Waals surface area contributed by atoms with E-state index in [1.165, 1.54) is 0 Å². The highest BCUT2D eigenvalue weighted by Crippen LogP contribution is 2.22. The first kappa shape index (κ1) is 10.7. The molecule has 14 heavy (non-hydrogen) atoms. The Morgan fingerprint density at radius 1 is 1.71 bits per heavy atom. The van der Waals surface area contributed by atoms with Crippen LogP contribution in [0.4, 0.5) is 0 Å². The zero-order valence-corrected chi connectivity index (χ0v) is 8.66. The highest BCUT2D eigenvalue weighted by Gasteiger charge is 2.11. The summed E-state index contributed by atoms with van der Waals surface area (Å²) in [7, 11) is 1.62. The van der Waals surface area contributed by atoms with Crippen molar-refractivity contribution in [2.75, 3.05) is 13.7 Å². The summed E-state index contributed by atoms with van der Waals surface area (Å²) in [4.78, 5) is 4.14. The van der Waals surface area contributed by atoms with Crippen LogP contribution in [0, 0.1) is 0 Å². The molecule has 1 heterocycles. The Hall–Kier alpha value is -1.35. The van der Waals surface area contributed by atoms with Crippen molar-refractivity contribution in [1.29, 1.82) is 0 Å². The highest BCUT2D eigenvalue weighted by atomic mass is 16.5. The van der Waals surface area contributed by atoms with Gasteiger partial charge in [-0.15, -0.1) is 6.58 Å². The second-order valence-corrected chi connectivity index (χ2v) is 2.87. The predicted octanol–water partition coefficient (Wildman–Crippen LogP) is 1.93. The molecule has 0 amide bonds. The molecule has 0 bridgehead atoms. The zero-order chi connectivity index (χ0) is 10.4. The number of hydrogen-bond acceptors (Lipinski definition) is 3. The fourth-order valence-electron chi connectivity index (χ4n) is 1.35. The number of nitrogens with one attached hydrogen (secondary N) is 1. The van der Waals surface area contributed by atoms with Crippen LogP contribution in [0.2, 0.25) is 0 Å². The van der Waals surface area contributed by atoms with Crippen LogP contribution >= 0.6 is 0 Å². The summed E-state index contributed by atoms with van der Waals surface area (Å²) in [5, 5.41) is 3.29. The fourth-order valence-corrected chi connectivity index (χ4v) is 1.35. The zero-order valence-electron chi connectivity index (χ0n) is 8.66. The third-order valence-corrected chi connectivity index (χ3v) is 1.99. The summed E-state index contributed by atoms with van der Waals surface area (Å²) in [6, 6.07) is 3.98. The van der Waals surface area contributed by atoms with E-state index >= 15 is 0 Å². The van der Waals surface area contributed by atoms with Crippen molar-refractivity contribution in [1.82, 2.24) is 10.3 Å². The lowest BCUT2D eigenvalue weighted by Gasteiger charge is -2.15. The minimum Gasteiger partial charge on any atom is -0.481 e. The second kappa shape index (κ2) is 5.40. The van der Waals surface area contributed by atoms with Gasteiger partial charge in [-0.3, -0.25) is 0 Å². The third-order valence-electron chi connectivity index (χ3n) is 1.99. The molecular weight excluding hydrogens is 176 g/mol. The van der Waals surface area contributed by atoms with E-state index in [1.54, 1.807) is 13.3 Å². The predicted molar refractivity (Wildman–Crippen MR) is 57.4 cm³/mol. The van der Waals surface area contributed by atoms with Crippen molar-refractivity contribution in [2.45, 2.75) is 13.0 Å². The number of nitrogens with zero attached hydrogens (tertiary/aromatic N) is 1. The number of hydrogen-bond donors (Lipinski definition) is 1. The van der Waals surface area contributed by atoms with Gasteiger partial charge in [0, 0.05) is 11.8 Å². The quantitative estimate of drug-likeness (QED) is 0.724. The Morgan fingerprint density at radius 3 is 3.07 bits per heavy atom. The standard InChI is InChI=1S/C11H16N2O/c1-4-10(12-5-2)9-7-6-8-13-11(9)14-3/h4,6-8,10,12H,1,5H2,2-3H3. The lowest BCUT2D eigenvalue weighted by atomic mass is 10.1. The van der Waals surface area contributed by atoms with Gasteiger partial charge in [-0.1, -0.05) is 19.1 Å². The van der Waals surface area contributed by atoms with Crippen molar-refractivity contribution in [3.05, 3.63) is 36.5 Å². The van der Waals surface area contributed by atoms with Gasteiger partial charge in [0.25, 0.3) is 0 Å². The van der Waals surface area contributed by atoms with E-state index in [9.17, 15) is 0 Å². The number of likely N-dealkylation sites (N-methyl/N-ethyl adjacent to an activating group) is 1. The van der Waals surface area contributed by atoms with Crippen LogP contribution in [0.1, 0.15) is 18.5 Å². The minimum atomic E-state index is 0.101. The molecule has 0 saturated heterocycles. The van der Waals surface area contributed by atoms with E-state index in [0.717, 1.165) is 12.1 Å². The maximum absolute atomic E-state index is 5.18. The summed E-state index contributed by atoms with van der Waals surface area (Å²) in [5.74, 6) is 0.651. The van der Waals surface area contributed by atoms with Crippen LogP contribution in [-0.2, 0) is 0 Å². The Kier molecular flexibility index (Phi) is 4.13. The first-order valence-corrected chi connectivity index (χ1v) is 4.68. The van der Waals surface area contributed by atoms with E-state index in [-0.39, 0.29) is 6.04 Å².